The summed E-state index contributed by atoms with van der Waals surface area (Å²) >= 11 is 5.99. The van der Waals surface area contributed by atoms with E-state index in [-0.39, 0.29) is 11.6 Å². The second-order valence-corrected chi connectivity index (χ2v) is 6.45. The van der Waals surface area contributed by atoms with Gasteiger partial charge in [0.2, 0.25) is 5.95 Å². The first kappa shape index (κ1) is 17.9. The molecule has 3 rings (SSSR count). The molecule has 1 heterocycles. The van der Waals surface area contributed by atoms with E-state index in [0.29, 0.717) is 23.2 Å². The van der Waals surface area contributed by atoms with Gasteiger partial charge in [0.15, 0.2) is 0 Å². The van der Waals surface area contributed by atoms with Crippen LogP contribution in [0.3, 0.4) is 0 Å². The molecule has 0 unspecified atom stereocenters. The van der Waals surface area contributed by atoms with Crippen LogP contribution in [-0.4, -0.2) is 15.9 Å². The Morgan fingerprint density at radius 3 is 2.62 bits per heavy atom. The largest absolute Gasteiger partial charge is 0.350 e. The van der Waals surface area contributed by atoms with E-state index in [1.54, 1.807) is 24.4 Å². The van der Waals surface area contributed by atoms with E-state index in [9.17, 15) is 4.79 Å². The van der Waals surface area contributed by atoms with Gasteiger partial charge in [-0.3, -0.25) is 4.79 Å². The predicted molar refractivity (Wildman–Crippen MR) is 105 cm³/mol. The van der Waals surface area contributed by atoms with Crippen LogP contribution in [0.1, 0.15) is 27.2 Å². The zero-order chi connectivity index (χ0) is 18.5. The molecule has 0 aliphatic carbocycles. The molecule has 0 atom stereocenters. The number of benzene rings is 2. The summed E-state index contributed by atoms with van der Waals surface area (Å²) in [6, 6.07) is 15.1. The van der Waals surface area contributed by atoms with E-state index in [4.69, 9.17) is 11.6 Å². The van der Waals surface area contributed by atoms with Crippen molar-refractivity contribution < 1.29 is 4.79 Å². The number of carbonyl (C=O) groups excluding carboxylic acids is 1. The summed E-state index contributed by atoms with van der Waals surface area (Å²) in [6.07, 6.45) is 1.56. The van der Waals surface area contributed by atoms with Crippen molar-refractivity contribution in [2.75, 3.05) is 10.6 Å². The van der Waals surface area contributed by atoms with Crippen LogP contribution in [0, 0.1) is 13.8 Å². The van der Waals surface area contributed by atoms with E-state index in [1.807, 2.05) is 32.0 Å². The zero-order valence-corrected chi connectivity index (χ0v) is 15.3. The van der Waals surface area contributed by atoms with Crippen LogP contribution in [0.25, 0.3) is 0 Å². The highest BCUT2D eigenvalue weighted by Gasteiger charge is 2.11. The molecule has 2 aromatic carbocycles. The third-order valence-corrected chi connectivity index (χ3v) is 4.14. The van der Waals surface area contributed by atoms with Gasteiger partial charge in [-0.2, -0.15) is 0 Å². The van der Waals surface area contributed by atoms with Gasteiger partial charge in [0.05, 0.1) is 0 Å². The van der Waals surface area contributed by atoms with E-state index >= 15 is 0 Å². The number of carbonyl (C=O) groups is 1. The Bertz CT molecular complexity index is 925. The van der Waals surface area contributed by atoms with Gasteiger partial charge in [0.25, 0.3) is 5.91 Å². The maximum Gasteiger partial charge on any atom is 0.274 e. The van der Waals surface area contributed by atoms with Crippen molar-refractivity contribution in [2.24, 2.45) is 0 Å². The first-order valence-electron chi connectivity index (χ1n) is 8.21. The molecule has 5 nitrogen and oxygen atoms in total. The molecule has 0 aliphatic rings. The number of nitrogens with one attached hydrogen (secondary N) is 2. The van der Waals surface area contributed by atoms with Gasteiger partial charge >= 0.3 is 0 Å². The molecular formula is C20H19ClN4O. The third kappa shape index (κ3) is 4.58. The Morgan fingerprint density at radius 1 is 1.08 bits per heavy atom. The quantitative estimate of drug-likeness (QED) is 0.691. The standard InChI is InChI=1S/C20H19ClN4O/c1-13-3-6-15(7-4-13)12-23-20-22-10-9-17(25-20)19(26)24-18-11-16(21)8-5-14(18)2/h3-11H,12H2,1-2H3,(H,24,26)(H,22,23,25). The van der Waals surface area contributed by atoms with Gasteiger partial charge in [-0.1, -0.05) is 47.5 Å². The molecule has 0 saturated heterocycles. The fraction of sp³-hybridized carbons (Fsp3) is 0.150. The highest BCUT2D eigenvalue weighted by atomic mass is 35.5. The average molecular weight is 367 g/mol. The number of nitrogens with zero attached hydrogens (tertiary/aromatic N) is 2. The van der Waals surface area contributed by atoms with Crippen molar-refractivity contribution in [2.45, 2.75) is 20.4 Å². The first-order valence-corrected chi connectivity index (χ1v) is 8.59. The van der Waals surface area contributed by atoms with Crippen LogP contribution in [-0.2, 0) is 6.54 Å². The molecule has 3 aromatic rings. The SMILES string of the molecule is Cc1ccc(CNc2nccc(C(=O)Nc3cc(Cl)ccc3C)n2)cc1. The number of anilines is 2. The van der Waals surface area contributed by atoms with Crippen molar-refractivity contribution in [1.82, 2.24) is 9.97 Å². The van der Waals surface area contributed by atoms with E-state index in [2.05, 4.69) is 32.7 Å². The lowest BCUT2D eigenvalue weighted by Gasteiger charge is -2.10. The molecule has 1 amide bonds. The lowest BCUT2D eigenvalue weighted by atomic mass is 10.1. The fourth-order valence-electron chi connectivity index (χ4n) is 2.37. The van der Waals surface area contributed by atoms with Crippen LogP contribution in [0.2, 0.25) is 5.02 Å². The molecule has 6 heteroatoms. The van der Waals surface area contributed by atoms with Crippen LogP contribution in [0.15, 0.2) is 54.7 Å². The molecule has 0 aliphatic heterocycles. The minimum absolute atomic E-state index is 0.283. The molecule has 26 heavy (non-hydrogen) atoms. The van der Waals surface area contributed by atoms with Crippen molar-refractivity contribution in [1.29, 1.82) is 0 Å². The Balaban J connectivity index is 1.69. The molecule has 0 bridgehead atoms. The van der Waals surface area contributed by atoms with Gasteiger partial charge in [0, 0.05) is 23.5 Å². The van der Waals surface area contributed by atoms with Gasteiger partial charge in [-0.05, 0) is 43.2 Å². The van der Waals surface area contributed by atoms with Crippen LogP contribution in [0.4, 0.5) is 11.6 Å². The molecule has 132 valence electrons. The van der Waals surface area contributed by atoms with Crippen LogP contribution < -0.4 is 10.6 Å². The maximum atomic E-state index is 12.5. The van der Waals surface area contributed by atoms with Crippen molar-refractivity contribution in [3.8, 4) is 0 Å². The Hall–Kier alpha value is -2.92. The highest BCUT2D eigenvalue weighted by Crippen LogP contribution is 2.20. The van der Waals surface area contributed by atoms with E-state index < -0.39 is 0 Å². The Labute approximate surface area is 157 Å². The number of aromatic nitrogens is 2. The van der Waals surface area contributed by atoms with Gasteiger partial charge in [0.1, 0.15) is 5.69 Å². The number of amides is 1. The molecule has 0 spiro atoms. The van der Waals surface area contributed by atoms with Crippen molar-refractivity contribution in [3.05, 3.63) is 82.1 Å². The number of rotatable bonds is 5. The second-order valence-electron chi connectivity index (χ2n) is 6.02. The summed E-state index contributed by atoms with van der Waals surface area (Å²) in [7, 11) is 0. The molecular weight excluding hydrogens is 348 g/mol. The van der Waals surface area contributed by atoms with Crippen LogP contribution >= 0.6 is 11.6 Å². The van der Waals surface area contributed by atoms with Gasteiger partial charge in [-0.15, -0.1) is 0 Å². The minimum Gasteiger partial charge on any atom is -0.350 e. The fourth-order valence-corrected chi connectivity index (χ4v) is 2.54. The average Bonchev–Trinajstić information content (AvgIpc) is 2.64. The molecule has 0 radical (unpaired) electrons. The highest BCUT2D eigenvalue weighted by molar-refractivity contribution is 6.31. The monoisotopic (exact) mass is 366 g/mol. The number of aryl methyl sites for hydroxylation is 2. The molecule has 0 fully saturated rings. The number of hydrogen-bond acceptors (Lipinski definition) is 4. The lowest BCUT2D eigenvalue weighted by Crippen LogP contribution is -2.16. The summed E-state index contributed by atoms with van der Waals surface area (Å²) in [4.78, 5) is 20.9. The summed E-state index contributed by atoms with van der Waals surface area (Å²) in [6.45, 7) is 4.53. The Morgan fingerprint density at radius 2 is 1.85 bits per heavy atom. The second kappa shape index (κ2) is 7.97. The predicted octanol–water partition coefficient (Wildman–Crippen LogP) is 4.61. The van der Waals surface area contributed by atoms with E-state index in [0.717, 1.165) is 11.1 Å². The molecule has 1 aromatic heterocycles. The maximum absolute atomic E-state index is 12.5. The number of halogens is 1. The van der Waals surface area contributed by atoms with Gasteiger partial charge in [-0.25, -0.2) is 9.97 Å². The lowest BCUT2D eigenvalue weighted by molar-refractivity contribution is 0.102. The first-order chi connectivity index (χ1) is 12.5. The summed E-state index contributed by atoms with van der Waals surface area (Å²) < 4.78 is 0. The zero-order valence-electron chi connectivity index (χ0n) is 14.6. The number of hydrogen-bond donors (Lipinski definition) is 2. The normalized spacial score (nSPS) is 10.4. The van der Waals surface area contributed by atoms with Crippen molar-refractivity contribution >= 4 is 29.1 Å². The Kier molecular flexibility index (Phi) is 5.49. The molecule has 2 N–H and O–H groups in total. The van der Waals surface area contributed by atoms with E-state index in [1.165, 1.54) is 5.56 Å². The molecule has 0 saturated carbocycles. The van der Waals surface area contributed by atoms with Crippen LogP contribution in [0.5, 0.6) is 0 Å². The smallest absolute Gasteiger partial charge is 0.274 e. The van der Waals surface area contributed by atoms with Crippen molar-refractivity contribution in [3.63, 3.8) is 0 Å². The van der Waals surface area contributed by atoms with Gasteiger partial charge < -0.3 is 10.6 Å². The topological polar surface area (TPSA) is 66.9 Å². The summed E-state index contributed by atoms with van der Waals surface area (Å²) in [5.74, 6) is 0.0946. The summed E-state index contributed by atoms with van der Waals surface area (Å²) in [5, 5.41) is 6.53. The summed E-state index contributed by atoms with van der Waals surface area (Å²) in [5.41, 5.74) is 4.19. The minimum atomic E-state index is -0.309. The third-order valence-electron chi connectivity index (χ3n) is 3.91.